The van der Waals surface area contributed by atoms with Crippen LogP contribution >= 0.6 is 0 Å². The van der Waals surface area contributed by atoms with Crippen molar-refractivity contribution in [2.45, 2.75) is 20.8 Å². The molecule has 0 saturated heterocycles. The first-order valence-corrected chi connectivity index (χ1v) is 8.28. The van der Waals surface area contributed by atoms with E-state index in [1.165, 1.54) is 6.07 Å². The van der Waals surface area contributed by atoms with Crippen LogP contribution in [0, 0.1) is 20.8 Å². The van der Waals surface area contributed by atoms with Crippen molar-refractivity contribution >= 4 is 33.5 Å². The third-order valence-electron chi connectivity index (χ3n) is 4.45. The van der Waals surface area contributed by atoms with Gasteiger partial charge in [-0.15, -0.1) is 0 Å². The highest BCUT2D eigenvalue weighted by atomic mass is 16.4. The molecule has 0 aliphatic rings. The Morgan fingerprint density at radius 2 is 1.77 bits per heavy atom. The average molecular weight is 347 g/mol. The Hall–Kier alpha value is -3.34. The second-order valence-corrected chi connectivity index (χ2v) is 6.48. The molecule has 2 heterocycles. The lowest BCUT2D eigenvalue weighted by atomic mass is 10.1. The zero-order valence-electron chi connectivity index (χ0n) is 14.7. The lowest BCUT2D eigenvalue weighted by molar-refractivity contribution is 0.0998. The largest absolute Gasteiger partial charge is 0.450 e. The summed E-state index contributed by atoms with van der Waals surface area (Å²) in [5.41, 5.74) is 4.35. The van der Waals surface area contributed by atoms with Crippen molar-refractivity contribution in [2.24, 2.45) is 0 Å². The van der Waals surface area contributed by atoms with Gasteiger partial charge in [-0.3, -0.25) is 4.79 Å². The minimum absolute atomic E-state index is 0.299. The zero-order chi connectivity index (χ0) is 18.4. The van der Waals surface area contributed by atoms with Crippen molar-refractivity contribution in [1.29, 1.82) is 0 Å². The molecule has 0 bridgehead atoms. The molecular weight excluding hydrogens is 330 g/mol. The van der Waals surface area contributed by atoms with E-state index in [0.29, 0.717) is 17.0 Å². The van der Waals surface area contributed by atoms with Crippen LogP contribution in [0.25, 0.3) is 21.9 Å². The smallest absolute Gasteiger partial charge is 0.336 e. The number of fused-ring (bicyclic) bond motifs is 2. The van der Waals surface area contributed by atoms with Gasteiger partial charge in [0.2, 0.25) is 0 Å². The highest BCUT2D eigenvalue weighted by Crippen LogP contribution is 2.29. The normalized spacial score (nSPS) is 11.2. The SMILES string of the molecule is Cc1cc(C)c2oc(C(=O)Nc3ccc4oc(=O)ccc4c3)c(C)c2c1. The summed E-state index contributed by atoms with van der Waals surface area (Å²) in [6, 6.07) is 12.2. The van der Waals surface area contributed by atoms with Gasteiger partial charge in [0.05, 0.1) is 0 Å². The Morgan fingerprint density at radius 3 is 2.58 bits per heavy atom. The first kappa shape index (κ1) is 16.1. The summed E-state index contributed by atoms with van der Waals surface area (Å²) < 4.78 is 11.0. The Bertz CT molecular complexity index is 1230. The molecule has 0 unspecified atom stereocenters. The lowest BCUT2D eigenvalue weighted by Crippen LogP contribution is -2.12. The van der Waals surface area contributed by atoms with Crippen LogP contribution in [0.15, 0.2) is 56.1 Å². The predicted molar refractivity (Wildman–Crippen MR) is 101 cm³/mol. The van der Waals surface area contributed by atoms with Crippen LogP contribution in [-0.2, 0) is 0 Å². The average Bonchev–Trinajstić information content (AvgIpc) is 2.92. The molecule has 0 spiro atoms. The molecule has 1 N–H and O–H groups in total. The third-order valence-corrected chi connectivity index (χ3v) is 4.45. The minimum Gasteiger partial charge on any atom is -0.450 e. The Balaban J connectivity index is 1.71. The van der Waals surface area contributed by atoms with Crippen LogP contribution in [0.3, 0.4) is 0 Å². The molecule has 0 radical (unpaired) electrons. The van der Waals surface area contributed by atoms with Gasteiger partial charge < -0.3 is 14.2 Å². The number of hydrogen-bond donors (Lipinski definition) is 1. The molecule has 130 valence electrons. The van der Waals surface area contributed by atoms with Crippen molar-refractivity contribution in [2.75, 3.05) is 5.32 Å². The summed E-state index contributed by atoms with van der Waals surface area (Å²) in [6.45, 7) is 5.87. The van der Waals surface area contributed by atoms with Gasteiger partial charge in [0.25, 0.3) is 5.91 Å². The van der Waals surface area contributed by atoms with E-state index >= 15 is 0 Å². The van der Waals surface area contributed by atoms with Gasteiger partial charge in [0, 0.05) is 28.1 Å². The number of furan rings is 1. The van der Waals surface area contributed by atoms with E-state index in [9.17, 15) is 9.59 Å². The number of amides is 1. The fourth-order valence-electron chi connectivity index (χ4n) is 3.22. The molecule has 0 atom stereocenters. The predicted octanol–water partition coefficient (Wildman–Crippen LogP) is 4.72. The maximum absolute atomic E-state index is 12.7. The van der Waals surface area contributed by atoms with Crippen molar-refractivity contribution in [3.63, 3.8) is 0 Å². The fourth-order valence-corrected chi connectivity index (χ4v) is 3.22. The quantitative estimate of drug-likeness (QED) is 0.533. The van der Waals surface area contributed by atoms with E-state index in [-0.39, 0.29) is 5.91 Å². The van der Waals surface area contributed by atoms with Gasteiger partial charge in [-0.25, -0.2) is 4.79 Å². The molecule has 1 amide bonds. The van der Waals surface area contributed by atoms with E-state index < -0.39 is 5.63 Å². The van der Waals surface area contributed by atoms with Crippen LogP contribution in [0.1, 0.15) is 27.2 Å². The van der Waals surface area contributed by atoms with Gasteiger partial charge in [-0.05, 0) is 62.2 Å². The molecule has 2 aromatic heterocycles. The van der Waals surface area contributed by atoms with Gasteiger partial charge in [-0.2, -0.15) is 0 Å². The molecule has 0 fully saturated rings. The summed E-state index contributed by atoms with van der Waals surface area (Å²) >= 11 is 0. The first-order valence-electron chi connectivity index (χ1n) is 8.28. The van der Waals surface area contributed by atoms with Crippen LogP contribution < -0.4 is 10.9 Å². The van der Waals surface area contributed by atoms with Gasteiger partial charge in [0.15, 0.2) is 5.76 Å². The van der Waals surface area contributed by atoms with E-state index in [0.717, 1.165) is 33.0 Å². The molecule has 5 heteroatoms. The summed E-state index contributed by atoms with van der Waals surface area (Å²) in [5.74, 6) is -0.0131. The van der Waals surface area contributed by atoms with Gasteiger partial charge >= 0.3 is 5.63 Å². The first-order chi connectivity index (χ1) is 12.4. The van der Waals surface area contributed by atoms with Crippen LogP contribution in [0.2, 0.25) is 0 Å². The second-order valence-electron chi connectivity index (χ2n) is 6.48. The highest BCUT2D eigenvalue weighted by molar-refractivity contribution is 6.07. The highest BCUT2D eigenvalue weighted by Gasteiger charge is 2.19. The molecule has 26 heavy (non-hydrogen) atoms. The fraction of sp³-hybridized carbons (Fsp3) is 0.143. The molecule has 2 aromatic carbocycles. The standard InChI is InChI=1S/C21H17NO4/c1-11-8-12(2)19-16(9-11)13(3)20(26-19)21(24)22-15-5-6-17-14(10-15)4-7-18(23)25-17/h4-10H,1-3H3,(H,22,24). The third kappa shape index (κ3) is 2.67. The van der Waals surface area contributed by atoms with Crippen LogP contribution in [0.5, 0.6) is 0 Å². The molecule has 5 nitrogen and oxygen atoms in total. The van der Waals surface area contributed by atoms with Gasteiger partial charge in [-0.1, -0.05) is 6.07 Å². The van der Waals surface area contributed by atoms with Crippen molar-refractivity contribution < 1.29 is 13.6 Å². The minimum atomic E-state index is -0.405. The Kier molecular flexibility index (Phi) is 3.65. The molecule has 0 aliphatic carbocycles. The molecule has 4 rings (SSSR count). The summed E-state index contributed by atoms with van der Waals surface area (Å²) in [6.07, 6.45) is 0. The summed E-state index contributed by atoms with van der Waals surface area (Å²) in [7, 11) is 0. The summed E-state index contributed by atoms with van der Waals surface area (Å²) in [5, 5.41) is 4.53. The molecular formula is C21H17NO4. The van der Waals surface area contributed by atoms with E-state index in [1.807, 2.05) is 32.9 Å². The number of carbonyl (C=O) groups excluding carboxylic acids is 1. The summed E-state index contributed by atoms with van der Waals surface area (Å²) in [4.78, 5) is 24.0. The van der Waals surface area contributed by atoms with Crippen molar-refractivity contribution in [3.05, 3.63) is 75.3 Å². The number of rotatable bonds is 2. The van der Waals surface area contributed by atoms with Crippen molar-refractivity contribution in [3.8, 4) is 0 Å². The molecule has 4 aromatic rings. The van der Waals surface area contributed by atoms with E-state index in [4.69, 9.17) is 8.83 Å². The molecule has 0 saturated carbocycles. The van der Waals surface area contributed by atoms with E-state index in [2.05, 4.69) is 5.32 Å². The number of benzene rings is 2. The second kappa shape index (κ2) is 5.88. The zero-order valence-corrected chi connectivity index (χ0v) is 14.7. The Labute approximate surface area is 149 Å². The number of hydrogen-bond acceptors (Lipinski definition) is 4. The van der Waals surface area contributed by atoms with Crippen molar-refractivity contribution in [1.82, 2.24) is 0 Å². The monoisotopic (exact) mass is 347 g/mol. The number of anilines is 1. The van der Waals surface area contributed by atoms with E-state index in [1.54, 1.807) is 24.3 Å². The van der Waals surface area contributed by atoms with Crippen LogP contribution in [0.4, 0.5) is 5.69 Å². The molecule has 0 aliphatic heterocycles. The maximum Gasteiger partial charge on any atom is 0.336 e. The lowest BCUT2D eigenvalue weighted by Gasteiger charge is -2.05. The topological polar surface area (TPSA) is 72.5 Å². The van der Waals surface area contributed by atoms with Gasteiger partial charge in [0.1, 0.15) is 11.2 Å². The Morgan fingerprint density at radius 1 is 0.962 bits per heavy atom. The number of nitrogens with one attached hydrogen (secondary N) is 1. The number of carbonyl (C=O) groups is 1. The van der Waals surface area contributed by atoms with Crippen LogP contribution in [-0.4, -0.2) is 5.91 Å². The maximum atomic E-state index is 12.7. The number of aryl methyl sites for hydroxylation is 3.